The number of para-hydroxylation sites is 2. The highest BCUT2D eigenvalue weighted by Crippen LogP contribution is 2.21. The van der Waals surface area contributed by atoms with Crippen molar-refractivity contribution in [1.29, 1.82) is 10.5 Å². The SMILES string of the molecule is N#Cc1ccccc1NC(=O)N1CCN(c2ccccc2C#N)CC1. The van der Waals surface area contributed by atoms with Gasteiger partial charge in [-0.25, -0.2) is 4.79 Å². The highest BCUT2D eigenvalue weighted by Gasteiger charge is 2.23. The fraction of sp³-hybridized carbons (Fsp3) is 0.211. The van der Waals surface area contributed by atoms with Crippen LogP contribution >= 0.6 is 0 Å². The average Bonchev–Trinajstić information content (AvgIpc) is 2.68. The quantitative estimate of drug-likeness (QED) is 0.917. The van der Waals surface area contributed by atoms with Gasteiger partial charge in [0, 0.05) is 26.2 Å². The first-order valence-corrected chi connectivity index (χ1v) is 8.02. The minimum absolute atomic E-state index is 0.212. The monoisotopic (exact) mass is 331 g/mol. The van der Waals surface area contributed by atoms with Crippen molar-refractivity contribution < 1.29 is 4.79 Å². The Morgan fingerprint density at radius 1 is 0.880 bits per heavy atom. The van der Waals surface area contributed by atoms with Crippen molar-refractivity contribution in [3.63, 3.8) is 0 Å². The number of carbonyl (C=O) groups is 1. The third-order valence-electron chi connectivity index (χ3n) is 4.22. The van der Waals surface area contributed by atoms with Crippen molar-refractivity contribution in [3.05, 3.63) is 59.7 Å². The van der Waals surface area contributed by atoms with Gasteiger partial charge in [0.05, 0.1) is 22.5 Å². The van der Waals surface area contributed by atoms with Crippen molar-refractivity contribution in [2.45, 2.75) is 0 Å². The smallest absolute Gasteiger partial charge is 0.322 e. The number of nitrogens with zero attached hydrogens (tertiary/aromatic N) is 4. The molecule has 1 saturated heterocycles. The number of hydrogen-bond acceptors (Lipinski definition) is 4. The third-order valence-corrected chi connectivity index (χ3v) is 4.22. The van der Waals surface area contributed by atoms with Crippen LogP contribution in [0.5, 0.6) is 0 Å². The van der Waals surface area contributed by atoms with Crippen LogP contribution in [0.15, 0.2) is 48.5 Å². The van der Waals surface area contributed by atoms with Crippen molar-refractivity contribution >= 4 is 17.4 Å². The molecule has 0 atom stereocenters. The average molecular weight is 331 g/mol. The third kappa shape index (κ3) is 3.54. The summed E-state index contributed by atoms with van der Waals surface area (Å²) < 4.78 is 0. The number of carbonyl (C=O) groups excluding carboxylic acids is 1. The molecule has 3 rings (SSSR count). The fourth-order valence-corrected chi connectivity index (χ4v) is 2.88. The van der Waals surface area contributed by atoms with Crippen LogP contribution in [0.3, 0.4) is 0 Å². The number of nitriles is 2. The van der Waals surface area contributed by atoms with Gasteiger partial charge in [-0.2, -0.15) is 10.5 Å². The highest BCUT2D eigenvalue weighted by atomic mass is 16.2. The van der Waals surface area contributed by atoms with Crippen LogP contribution in [0, 0.1) is 22.7 Å². The Balaban J connectivity index is 1.63. The molecule has 0 spiro atoms. The lowest BCUT2D eigenvalue weighted by molar-refractivity contribution is 0.208. The molecule has 1 heterocycles. The minimum Gasteiger partial charge on any atom is -0.367 e. The van der Waals surface area contributed by atoms with E-state index in [1.165, 1.54) is 0 Å². The molecular formula is C19H17N5O. The maximum atomic E-state index is 12.4. The summed E-state index contributed by atoms with van der Waals surface area (Å²) in [6.45, 7) is 2.43. The molecule has 0 unspecified atom stereocenters. The van der Waals surface area contributed by atoms with Crippen molar-refractivity contribution in [1.82, 2.24) is 4.90 Å². The van der Waals surface area contributed by atoms with Crippen LogP contribution in [0.2, 0.25) is 0 Å². The zero-order valence-corrected chi connectivity index (χ0v) is 13.6. The maximum absolute atomic E-state index is 12.4. The molecule has 0 saturated carbocycles. The zero-order valence-electron chi connectivity index (χ0n) is 13.6. The molecule has 0 radical (unpaired) electrons. The molecule has 2 aromatic rings. The first-order chi connectivity index (χ1) is 12.2. The Hall–Kier alpha value is -3.51. The van der Waals surface area contributed by atoms with E-state index in [1.54, 1.807) is 35.2 Å². The molecular weight excluding hydrogens is 314 g/mol. The molecule has 0 aliphatic carbocycles. The van der Waals surface area contributed by atoms with E-state index in [0.717, 1.165) is 5.69 Å². The van der Waals surface area contributed by atoms with E-state index in [2.05, 4.69) is 22.4 Å². The van der Waals surface area contributed by atoms with E-state index in [4.69, 9.17) is 5.26 Å². The summed E-state index contributed by atoms with van der Waals surface area (Å²) in [6, 6.07) is 18.5. The van der Waals surface area contributed by atoms with Crippen LogP contribution in [0.1, 0.15) is 11.1 Å². The molecule has 6 nitrogen and oxygen atoms in total. The topological polar surface area (TPSA) is 83.2 Å². The van der Waals surface area contributed by atoms with Crippen molar-refractivity contribution in [2.24, 2.45) is 0 Å². The molecule has 2 aromatic carbocycles. The zero-order chi connectivity index (χ0) is 17.6. The molecule has 1 N–H and O–H groups in total. The number of amides is 2. The molecule has 2 amide bonds. The number of piperazine rings is 1. The van der Waals surface area contributed by atoms with Crippen LogP contribution < -0.4 is 10.2 Å². The molecule has 1 fully saturated rings. The van der Waals surface area contributed by atoms with Gasteiger partial charge < -0.3 is 15.1 Å². The lowest BCUT2D eigenvalue weighted by atomic mass is 10.1. The number of rotatable bonds is 2. The molecule has 1 aliphatic rings. The lowest BCUT2D eigenvalue weighted by Crippen LogP contribution is -2.50. The van der Waals surface area contributed by atoms with Crippen LogP contribution in [-0.4, -0.2) is 37.1 Å². The molecule has 25 heavy (non-hydrogen) atoms. The number of urea groups is 1. The second-order valence-corrected chi connectivity index (χ2v) is 5.69. The maximum Gasteiger partial charge on any atom is 0.322 e. The van der Waals surface area contributed by atoms with E-state index in [9.17, 15) is 10.1 Å². The normalized spacial score (nSPS) is 13.7. The van der Waals surface area contributed by atoms with Crippen molar-refractivity contribution in [2.75, 3.05) is 36.4 Å². The van der Waals surface area contributed by atoms with Gasteiger partial charge in [0.2, 0.25) is 0 Å². The van der Waals surface area contributed by atoms with E-state index < -0.39 is 0 Å². The number of benzene rings is 2. The summed E-state index contributed by atoms with van der Waals surface area (Å²) in [6.07, 6.45) is 0. The van der Waals surface area contributed by atoms with E-state index in [1.807, 2.05) is 18.2 Å². The summed E-state index contributed by atoms with van der Waals surface area (Å²) in [7, 11) is 0. The minimum atomic E-state index is -0.212. The first kappa shape index (κ1) is 16.4. The summed E-state index contributed by atoms with van der Waals surface area (Å²) in [5, 5.41) is 21.1. The van der Waals surface area contributed by atoms with Gasteiger partial charge in [0.1, 0.15) is 12.1 Å². The summed E-state index contributed by atoms with van der Waals surface area (Å²) in [5.74, 6) is 0. The second kappa shape index (κ2) is 7.37. The Kier molecular flexibility index (Phi) is 4.82. The van der Waals surface area contributed by atoms with Crippen LogP contribution in [0.25, 0.3) is 0 Å². The number of nitrogens with one attached hydrogen (secondary N) is 1. The Labute approximate surface area is 146 Å². The van der Waals surface area contributed by atoms with Gasteiger partial charge in [0.25, 0.3) is 0 Å². The fourth-order valence-electron chi connectivity index (χ4n) is 2.88. The predicted molar refractivity (Wildman–Crippen MR) is 95.1 cm³/mol. The molecule has 124 valence electrons. The summed E-state index contributed by atoms with van der Waals surface area (Å²) in [4.78, 5) is 16.3. The molecule has 0 bridgehead atoms. The van der Waals surface area contributed by atoms with E-state index >= 15 is 0 Å². The lowest BCUT2D eigenvalue weighted by Gasteiger charge is -2.36. The van der Waals surface area contributed by atoms with Gasteiger partial charge in [0.15, 0.2) is 0 Å². The summed E-state index contributed by atoms with van der Waals surface area (Å²) in [5.41, 5.74) is 2.51. The van der Waals surface area contributed by atoms with Gasteiger partial charge >= 0.3 is 6.03 Å². The van der Waals surface area contributed by atoms with E-state index in [0.29, 0.717) is 43.0 Å². The largest absolute Gasteiger partial charge is 0.367 e. The predicted octanol–water partition coefficient (Wildman–Crippen LogP) is 2.78. The first-order valence-electron chi connectivity index (χ1n) is 8.02. The van der Waals surface area contributed by atoms with Gasteiger partial charge in [-0.1, -0.05) is 24.3 Å². The van der Waals surface area contributed by atoms with E-state index in [-0.39, 0.29) is 6.03 Å². The molecule has 1 aliphatic heterocycles. The van der Waals surface area contributed by atoms with Crippen LogP contribution in [-0.2, 0) is 0 Å². The summed E-state index contributed by atoms with van der Waals surface area (Å²) >= 11 is 0. The Bertz CT molecular complexity index is 857. The van der Waals surface area contributed by atoms with Crippen LogP contribution in [0.4, 0.5) is 16.2 Å². The van der Waals surface area contributed by atoms with Gasteiger partial charge in [-0.05, 0) is 24.3 Å². The highest BCUT2D eigenvalue weighted by molar-refractivity contribution is 5.91. The van der Waals surface area contributed by atoms with Crippen molar-refractivity contribution in [3.8, 4) is 12.1 Å². The molecule has 0 aromatic heterocycles. The van der Waals surface area contributed by atoms with Gasteiger partial charge in [-0.3, -0.25) is 0 Å². The second-order valence-electron chi connectivity index (χ2n) is 5.69. The standard InChI is InChI=1S/C19H17N5O/c20-13-15-5-1-3-7-17(15)22-19(25)24-11-9-23(10-12-24)18-8-4-2-6-16(18)14-21/h1-8H,9-12H2,(H,22,25). The number of anilines is 2. The number of hydrogen-bond donors (Lipinski definition) is 1. The van der Waals surface area contributed by atoms with Gasteiger partial charge in [-0.15, -0.1) is 0 Å². The Morgan fingerprint density at radius 3 is 2.16 bits per heavy atom. The Morgan fingerprint density at radius 2 is 1.48 bits per heavy atom. The molecule has 6 heteroatoms.